The van der Waals surface area contributed by atoms with Crippen LogP contribution in [0.3, 0.4) is 0 Å². The number of nitrogens with zero attached hydrogens (tertiary/aromatic N) is 4. The lowest BCUT2D eigenvalue weighted by Gasteiger charge is -2.18. The summed E-state index contributed by atoms with van der Waals surface area (Å²) in [5, 5.41) is 19.8. The summed E-state index contributed by atoms with van der Waals surface area (Å²) in [5.41, 5.74) is 0.825. The van der Waals surface area contributed by atoms with E-state index < -0.39 is 12.0 Å². The van der Waals surface area contributed by atoms with Gasteiger partial charge < -0.3 is 10.4 Å². The number of amides is 1. The first kappa shape index (κ1) is 15.7. The highest BCUT2D eigenvalue weighted by Gasteiger charge is 2.21. The topological polar surface area (TPSA) is 102 Å². The number of carbonyl (C=O) groups is 2. The monoisotopic (exact) mass is 305 g/mol. The van der Waals surface area contributed by atoms with Gasteiger partial charge in [-0.3, -0.25) is 14.2 Å². The number of aryl methyl sites for hydroxylation is 1. The van der Waals surface area contributed by atoms with Crippen LogP contribution in [0.2, 0.25) is 0 Å². The van der Waals surface area contributed by atoms with Crippen molar-refractivity contribution >= 4 is 11.9 Å². The quantitative estimate of drug-likeness (QED) is 0.836. The van der Waals surface area contributed by atoms with E-state index in [-0.39, 0.29) is 17.6 Å². The second-order valence-corrected chi connectivity index (χ2v) is 4.96. The fourth-order valence-electron chi connectivity index (χ4n) is 2.17. The standard InChI is InChI=1S/C14H19N5O3/c1-4-18-12(5-7-15-18)9(2)16-13(20)10(3)19-8-6-11(17-19)14(21)22/h5-10H,4H2,1-3H3,(H,16,20)(H,21,22). The molecule has 8 nitrogen and oxygen atoms in total. The maximum Gasteiger partial charge on any atom is 0.356 e. The van der Waals surface area contributed by atoms with E-state index in [1.807, 2.05) is 24.6 Å². The Morgan fingerprint density at radius 1 is 1.36 bits per heavy atom. The minimum absolute atomic E-state index is 0.0863. The van der Waals surface area contributed by atoms with E-state index in [1.165, 1.54) is 16.9 Å². The number of aromatic nitrogens is 4. The van der Waals surface area contributed by atoms with E-state index in [2.05, 4.69) is 15.5 Å². The number of carboxylic acid groups (broad SMARTS) is 1. The van der Waals surface area contributed by atoms with Gasteiger partial charge in [0.1, 0.15) is 6.04 Å². The molecule has 2 N–H and O–H groups in total. The molecule has 2 aromatic heterocycles. The summed E-state index contributed by atoms with van der Waals surface area (Å²) in [6.07, 6.45) is 3.17. The molecule has 22 heavy (non-hydrogen) atoms. The van der Waals surface area contributed by atoms with Crippen LogP contribution >= 0.6 is 0 Å². The molecule has 0 saturated carbocycles. The lowest BCUT2D eigenvalue weighted by atomic mass is 10.2. The molecule has 0 spiro atoms. The van der Waals surface area contributed by atoms with Crippen molar-refractivity contribution in [1.82, 2.24) is 24.9 Å². The summed E-state index contributed by atoms with van der Waals surface area (Å²) in [6.45, 7) is 6.24. The molecular formula is C14H19N5O3. The molecule has 0 bridgehead atoms. The molecule has 8 heteroatoms. The summed E-state index contributed by atoms with van der Waals surface area (Å²) in [6, 6.07) is 2.41. The number of carboxylic acids is 1. The molecule has 2 unspecified atom stereocenters. The third-order valence-corrected chi connectivity index (χ3v) is 3.46. The van der Waals surface area contributed by atoms with Crippen LogP contribution < -0.4 is 5.32 Å². The van der Waals surface area contributed by atoms with Gasteiger partial charge in [0.2, 0.25) is 5.91 Å². The minimum atomic E-state index is -1.12. The number of carbonyl (C=O) groups excluding carboxylic acids is 1. The zero-order chi connectivity index (χ0) is 16.3. The molecule has 2 aromatic rings. The summed E-state index contributed by atoms with van der Waals surface area (Å²) in [5.74, 6) is -1.36. The molecule has 0 fully saturated rings. The van der Waals surface area contributed by atoms with Crippen LogP contribution in [0.15, 0.2) is 24.5 Å². The van der Waals surface area contributed by atoms with E-state index in [9.17, 15) is 9.59 Å². The van der Waals surface area contributed by atoms with Crippen molar-refractivity contribution in [3.8, 4) is 0 Å². The first-order valence-electron chi connectivity index (χ1n) is 7.04. The van der Waals surface area contributed by atoms with Crippen LogP contribution in [0.4, 0.5) is 0 Å². The Morgan fingerprint density at radius 2 is 2.09 bits per heavy atom. The van der Waals surface area contributed by atoms with Crippen molar-refractivity contribution in [1.29, 1.82) is 0 Å². The molecule has 118 valence electrons. The maximum absolute atomic E-state index is 12.3. The first-order valence-corrected chi connectivity index (χ1v) is 7.04. The molecule has 0 aliphatic carbocycles. The van der Waals surface area contributed by atoms with Gasteiger partial charge in [0.15, 0.2) is 5.69 Å². The highest BCUT2D eigenvalue weighted by Crippen LogP contribution is 2.14. The SMILES string of the molecule is CCn1nccc1C(C)NC(=O)C(C)n1ccc(C(=O)O)n1. The van der Waals surface area contributed by atoms with Crippen LogP contribution in [0.1, 0.15) is 49.0 Å². The van der Waals surface area contributed by atoms with Crippen LogP contribution in [0.25, 0.3) is 0 Å². The summed E-state index contributed by atoms with van der Waals surface area (Å²) in [4.78, 5) is 23.1. The number of rotatable bonds is 6. The van der Waals surface area contributed by atoms with Gasteiger partial charge in [-0.25, -0.2) is 4.79 Å². The fraction of sp³-hybridized carbons (Fsp3) is 0.429. The van der Waals surface area contributed by atoms with Crippen molar-refractivity contribution in [3.63, 3.8) is 0 Å². The number of nitrogens with one attached hydrogen (secondary N) is 1. The Morgan fingerprint density at radius 3 is 2.68 bits per heavy atom. The van der Waals surface area contributed by atoms with Gasteiger partial charge in [-0.2, -0.15) is 10.2 Å². The predicted octanol–water partition coefficient (Wildman–Crippen LogP) is 1.24. The van der Waals surface area contributed by atoms with Crippen LogP contribution in [-0.2, 0) is 11.3 Å². The Hall–Kier alpha value is -2.64. The molecule has 2 atom stereocenters. The highest BCUT2D eigenvalue weighted by atomic mass is 16.4. The second-order valence-electron chi connectivity index (χ2n) is 4.96. The molecule has 1 amide bonds. The average molecular weight is 305 g/mol. The van der Waals surface area contributed by atoms with E-state index in [0.29, 0.717) is 0 Å². The number of aromatic carboxylic acids is 1. The molecule has 0 radical (unpaired) electrons. The molecular weight excluding hydrogens is 286 g/mol. The third-order valence-electron chi connectivity index (χ3n) is 3.46. The smallest absolute Gasteiger partial charge is 0.356 e. The highest BCUT2D eigenvalue weighted by molar-refractivity contribution is 5.85. The summed E-state index contributed by atoms with van der Waals surface area (Å²) in [7, 11) is 0. The van der Waals surface area contributed by atoms with E-state index >= 15 is 0 Å². The normalized spacial score (nSPS) is 13.6. The van der Waals surface area contributed by atoms with Gasteiger partial charge in [0, 0.05) is 18.9 Å². The number of hydrogen-bond acceptors (Lipinski definition) is 4. The zero-order valence-corrected chi connectivity index (χ0v) is 12.7. The largest absolute Gasteiger partial charge is 0.476 e. The maximum atomic E-state index is 12.3. The van der Waals surface area contributed by atoms with Gasteiger partial charge >= 0.3 is 5.97 Å². The van der Waals surface area contributed by atoms with Crippen LogP contribution in [0.5, 0.6) is 0 Å². The van der Waals surface area contributed by atoms with Gasteiger partial charge in [-0.15, -0.1) is 0 Å². The molecule has 0 saturated heterocycles. The Balaban J connectivity index is 2.06. The predicted molar refractivity (Wildman–Crippen MR) is 78.4 cm³/mol. The summed E-state index contributed by atoms with van der Waals surface area (Å²) < 4.78 is 3.15. The van der Waals surface area contributed by atoms with E-state index in [4.69, 9.17) is 5.11 Å². The molecule has 0 aromatic carbocycles. The van der Waals surface area contributed by atoms with Gasteiger partial charge in [-0.1, -0.05) is 0 Å². The first-order chi connectivity index (χ1) is 10.4. The zero-order valence-electron chi connectivity index (χ0n) is 12.7. The molecule has 2 rings (SSSR count). The molecule has 2 heterocycles. The van der Waals surface area contributed by atoms with Gasteiger partial charge in [0.05, 0.1) is 11.7 Å². The van der Waals surface area contributed by atoms with Crippen molar-refractivity contribution < 1.29 is 14.7 Å². The fourth-order valence-corrected chi connectivity index (χ4v) is 2.17. The van der Waals surface area contributed by atoms with Crippen molar-refractivity contribution in [2.24, 2.45) is 0 Å². The van der Waals surface area contributed by atoms with Gasteiger partial charge in [0.25, 0.3) is 0 Å². The van der Waals surface area contributed by atoms with Crippen molar-refractivity contribution in [3.05, 3.63) is 35.9 Å². The lowest BCUT2D eigenvalue weighted by molar-refractivity contribution is -0.124. The third kappa shape index (κ3) is 3.16. The number of hydrogen-bond donors (Lipinski definition) is 2. The minimum Gasteiger partial charge on any atom is -0.476 e. The summed E-state index contributed by atoms with van der Waals surface area (Å²) >= 11 is 0. The van der Waals surface area contributed by atoms with Crippen molar-refractivity contribution in [2.75, 3.05) is 0 Å². The Bertz CT molecular complexity index is 676. The van der Waals surface area contributed by atoms with Crippen LogP contribution in [-0.4, -0.2) is 36.5 Å². The van der Waals surface area contributed by atoms with E-state index in [0.717, 1.165) is 12.2 Å². The van der Waals surface area contributed by atoms with E-state index in [1.54, 1.807) is 13.1 Å². The average Bonchev–Trinajstić information content (AvgIpc) is 3.14. The van der Waals surface area contributed by atoms with Gasteiger partial charge in [-0.05, 0) is 32.9 Å². The second kappa shape index (κ2) is 6.42. The molecule has 0 aliphatic rings. The van der Waals surface area contributed by atoms with Crippen molar-refractivity contribution in [2.45, 2.75) is 39.4 Å². The van der Waals surface area contributed by atoms with Crippen LogP contribution in [0, 0.1) is 0 Å². The lowest BCUT2D eigenvalue weighted by Crippen LogP contribution is -2.34. The molecule has 0 aliphatic heterocycles. The Labute approximate surface area is 127 Å². The Kier molecular flexibility index (Phi) is 4.59.